The molecule has 0 heterocycles. The quantitative estimate of drug-likeness (QED) is 0.831. The zero-order valence-corrected chi connectivity index (χ0v) is 10.7. The van der Waals surface area contributed by atoms with E-state index in [1.165, 1.54) is 0 Å². The summed E-state index contributed by atoms with van der Waals surface area (Å²) in [6.45, 7) is 0. The molecule has 0 radical (unpaired) electrons. The third-order valence-corrected chi connectivity index (χ3v) is 5.09. The molecular formula is C11H10Cl2O2S. The predicted molar refractivity (Wildman–Crippen MR) is 65.5 cm³/mol. The van der Waals surface area contributed by atoms with Crippen LogP contribution in [-0.2, 0) is 15.6 Å². The van der Waals surface area contributed by atoms with E-state index in [1.807, 2.05) is 0 Å². The molecule has 86 valence electrons. The first-order valence-corrected chi connectivity index (χ1v) is 6.92. The van der Waals surface area contributed by atoms with Crippen LogP contribution in [0, 0.1) is 0 Å². The fourth-order valence-corrected chi connectivity index (χ4v) is 3.61. The van der Waals surface area contributed by atoms with Crippen LogP contribution in [-0.4, -0.2) is 15.2 Å². The summed E-state index contributed by atoms with van der Waals surface area (Å²) in [7, 11) is -1.16. The number of halogens is 2. The zero-order chi connectivity index (χ0) is 11.7. The van der Waals surface area contributed by atoms with Gasteiger partial charge in [-0.2, -0.15) is 0 Å². The Morgan fingerprint density at radius 2 is 2.00 bits per heavy atom. The van der Waals surface area contributed by atoms with E-state index in [4.69, 9.17) is 23.2 Å². The van der Waals surface area contributed by atoms with E-state index in [0.717, 1.165) is 0 Å². The minimum atomic E-state index is -1.16. The molecule has 16 heavy (non-hydrogen) atoms. The van der Waals surface area contributed by atoms with Crippen LogP contribution >= 0.6 is 23.2 Å². The van der Waals surface area contributed by atoms with Crippen LogP contribution in [0.5, 0.6) is 0 Å². The van der Waals surface area contributed by atoms with Crippen molar-refractivity contribution in [3.8, 4) is 0 Å². The molecule has 1 aliphatic carbocycles. The van der Waals surface area contributed by atoms with Crippen molar-refractivity contribution in [2.45, 2.75) is 29.4 Å². The van der Waals surface area contributed by atoms with Gasteiger partial charge in [-0.3, -0.25) is 9.00 Å². The molecule has 0 amide bonds. The molecule has 2 unspecified atom stereocenters. The summed E-state index contributed by atoms with van der Waals surface area (Å²) in [6, 6.07) is 4.95. The van der Waals surface area contributed by atoms with Gasteiger partial charge in [0.2, 0.25) is 0 Å². The van der Waals surface area contributed by atoms with Crippen molar-refractivity contribution in [2.75, 3.05) is 0 Å². The smallest absolute Gasteiger partial charge is 0.134 e. The molecule has 5 heteroatoms. The summed E-state index contributed by atoms with van der Waals surface area (Å²) in [5.41, 5.74) is 0. The summed E-state index contributed by atoms with van der Waals surface area (Å²) in [5.74, 6) is 0.193. The molecule has 1 fully saturated rings. The van der Waals surface area contributed by atoms with E-state index in [1.54, 1.807) is 18.2 Å². The molecule has 0 aliphatic heterocycles. The molecule has 0 bridgehead atoms. The van der Waals surface area contributed by atoms with Gasteiger partial charge in [0.15, 0.2) is 0 Å². The van der Waals surface area contributed by atoms with Gasteiger partial charge >= 0.3 is 0 Å². The number of hydrogen-bond donors (Lipinski definition) is 0. The molecule has 1 aliphatic rings. The second-order valence-corrected chi connectivity index (χ2v) is 6.32. The van der Waals surface area contributed by atoms with Crippen molar-refractivity contribution in [2.24, 2.45) is 0 Å². The van der Waals surface area contributed by atoms with E-state index in [2.05, 4.69) is 0 Å². The van der Waals surface area contributed by atoms with E-state index in [9.17, 15) is 9.00 Å². The fraction of sp³-hybridized carbons (Fsp3) is 0.364. The fourth-order valence-electron chi connectivity index (χ4n) is 1.76. The van der Waals surface area contributed by atoms with Gasteiger partial charge in [-0.05, 0) is 24.6 Å². The molecule has 1 aromatic rings. The Kier molecular flexibility index (Phi) is 3.67. The molecule has 0 spiro atoms. The van der Waals surface area contributed by atoms with Gasteiger partial charge in [0.25, 0.3) is 0 Å². The lowest BCUT2D eigenvalue weighted by Crippen LogP contribution is -2.11. The first kappa shape index (κ1) is 12.1. The van der Waals surface area contributed by atoms with Gasteiger partial charge in [-0.25, -0.2) is 0 Å². The van der Waals surface area contributed by atoms with Crippen LogP contribution in [0.2, 0.25) is 10.0 Å². The second-order valence-electron chi connectivity index (χ2n) is 3.78. The topological polar surface area (TPSA) is 34.1 Å². The molecule has 1 aromatic carbocycles. The maximum atomic E-state index is 12.1. The second kappa shape index (κ2) is 4.86. The van der Waals surface area contributed by atoms with E-state index in [0.29, 0.717) is 34.2 Å². The van der Waals surface area contributed by atoms with Gasteiger partial charge in [0, 0.05) is 23.0 Å². The average Bonchev–Trinajstić information content (AvgIpc) is 2.68. The molecule has 1 saturated carbocycles. The van der Waals surface area contributed by atoms with Crippen LogP contribution in [0.15, 0.2) is 23.1 Å². The minimum absolute atomic E-state index is 0.0651. The van der Waals surface area contributed by atoms with Gasteiger partial charge < -0.3 is 0 Å². The lowest BCUT2D eigenvalue weighted by atomic mass is 10.3. The van der Waals surface area contributed by atoms with E-state index < -0.39 is 10.8 Å². The first-order valence-electron chi connectivity index (χ1n) is 4.95. The van der Waals surface area contributed by atoms with Crippen molar-refractivity contribution < 1.29 is 9.00 Å². The summed E-state index contributed by atoms with van der Waals surface area (Å²) in [5, 5.41) is 0.784. The van der Waals surface area contributed by atoms with Crippen molar-refractivity contribution in [3.63, 3.8) is 0 Å². The van der Waals surface area contributed by atoms with Crippen molar-refractivity contribution >= 4 is 39.8 Å². The average molecular weight is 277 g/mol. The number of rotatable bonds is 2. The monoisotopic (exact) mass is 276 g/mol. The summed E-state index contributed by atoms with van der Waals surface area (Å²) in [4.78, 5) is 11.8. The van der Waals surface area contributed by atoms with Crippen LogP contribution in [0.1, 0.15) is 19.3 Å². The van der Waals surface area contributed by atoms with Crippen molar-refractivity contribution in [1.29, 1.82) is 0 Å². The lowest BCUT2D eigenvalue weighted by Gasteiger charge is -2.08. The number of Topliss-reactive ketones (excluding diaryl/α,β-unsaturated/α-hetero) is 1. The Morgan fingerprint density at radius 1 is 1.25 bits per heavy atom. The van der Waals surface area contributed by atoms with E-state index in [-0.39, 0.29) is 11.0 Å². The van der Waals surface area contributed by atoms with E-state index >= 15 is 0 Å². The molecule has 2 nitrogen and oxygen atoms in total. The zero-order valence-electron chi connectivity index (χ0n) is 8.41. The molecule has 2 atom stereocenters. The number of ketones is 1. The van der Waals surface area contributed by atoms with Gasteiger partial charge in [-0.15, -0.1) is 0 Å². The standard InChI is InChI=1S/C11H10Cl2O2S/c12-10-4-3-9(6-11(10)13)16(15)8-2-1-7(14)5-8/h3-4,6,8H,1-2,5H2. The first-order chi connectivity index (χ1) is 7.58. The highest BCUT2D eigenvalue weighted by atomic mass is 35.5. The Balaban J connectivity index is 2.21. The third-order valence-electron chi connectivity index (χ3n) is 2.63. The van der Waals surface area contributed by atoms with Crippen molar-refractivity contribution in [3.05, 3.63) is 28.2 Å². The molecule has 0 N–H and O–H groups in total. The number of carbonyl (C=O) groups is 1. The summed E-state index contributed by atoms with van der Waals surface area (Å²) >= 11 is 11.6. The van der Waals surface area contributed by atoms with Crippen LogP contribution in [0.25, 0.3) is 0 Å². The summed E-state index contributed by atoms with van der Waals surface area (Å²) in [6.07, 6.45) is 1.65. The number of hydrogen-bond acceptors (Lipinski definition) is 2. The Hall–Kier alpha value is -0.380. The van der Waals surface area contributed by atoms with Crippen LogP contribution in [0.4, 0.5) is 0 Å². The summed E-state index contributed by atoms with van der Waals surface area (Å²) < 4.78 is 12.1. The highest BCUT2D eigenvalue weighted by Gasteiger charge is 2.28. The SMILES string of the molecule is O=C1CCC(S(=O)c2ccc(Cl)c(Cl)c2)C1. The molecule has 2 rings (SSSR count). The van der Waals surface area contributed by atoms with Crippen LogP contribution in [0.3, 0.4) is 0 Å². The van der Waals surface area contributed by atoms with Gasteiger partial charge in [0.1, 0.15) is 5.78 Å². The Labute approximate surface area is 106 Å². The molecule has 0 aromatic heterocycles. The molecule has 0 saturated heterocycles. The maximum absolute atomic E-state index is 12.1. The number of benzene rings is 1. The van der Waals surface area contributed by atoms with Crippen LogP contribution < -0.4 is 0 Å². The van der Waals surface area contributed by atoms with Gasteiger partial charge in [0.05, 0.1) is 20.8 Å². The largest absolute Gasteiger partial charge is 0.300 e. The minimum Gasteiger partial charge on any atom is -0.300 e. The predicted octanol–water partition coefficient (Wildman–Crippen LogP) is 3.22. The Bertz CT molecular complexity index is 459. The van der Waals surface area contributed by atoms with Crippen molar-refractivity contribution in [1.82, 2.24) is 0 Å². The highest BCUT2D eigenvalue weighted by molar-refractivity contribution is 7.85. The third kappa shape index (κ3) is 2.47. The van der Waals surface area contributed by atoms with Gasteiger partial charge in [-0.1, -0.05) is 23.2 Å². The highest BCUT2D eigenvalue weighted by Crippen LogP contribution is 2.28. The lowest BCUT2D eigenvalue weighted by molar-refractivity contribution is -0.117. The maximum Gasteiger partial charge on any atom is 0.134 e. The Morgan fingerprint density at radius 3 is 2.56 bits per heavy atom. The molecular weight excluding hydrogens is 267 g/mol. The normalized spacial score (nSPS) is 22.4. The number of carbonyl (C=O) groups excluding carboxylic acids is 1.